The number of amides is 1. The Morgan fingerprint density at radius 3 is 2.50 bits per heavy atom. The molecule has 0 saturated carbocycles. The van der Waals surface area contributed by atoms with Gasteiger partial charge in [-0.25, -0.2) is 9.97 Å². The maximum Gasteiger partial charge on any atom is 0.255 e. The highest BCUT2D eigenvalue weighted by Gasteiger charge is 2.38. The molecule has 0 bridgehead atoms. The molecule has 7 nitrogen and oxygen atoms in total. The molecule has 5 rings (SSSR count). The van der Waals surface area contributed by atoms with Crippen molar-refractivity contribution in [2.45, 2.75) is 52.0 Å². The van der Waals surface area contributed by atoms with Crippen LogP contribution in [0.2, 0.25) is 0 Å². The summed E-state index contributed by atoms with van der Waals surface area (Å²) >= 11 is 3.54. The summed E-state index contributed by atoms with van der Waals surface area (Å²) in [6.45, 7) is 10.4. The highest BCUT2D eigenvalue weighted by atomic mass is 79.9. The molecule has 2 aliphatic rings. The third-order valence-electron chi connectivity index (χ3n) is 8.07. The van der Waals surface area contributed by atoms with Crippen molar-refractivity contribution < 1.29 is 9.63 Å². The molecular weight excluding hydrogens is 542 g/mol. The number of rotatable bonds is 6. The fraction of sp³-hybridized carbons (Fsp3) is 0.433. The van der Waals surface area contributed by atoms with Crippen molar-refractivity contribution in [3.8, 4) is 0 Å². The number of fused-ring (bicyclic) bond motifs is 1. The van der Waals surface area contributed by atoms with Gasteiger partial charge in [0.1, 0.15) is 0 Å². The number of pyridine rings is 2. The van der Waals surface area contributed by atoms with Crippen molar-refractivity contribution in [2.24, 2.45) is 0 Å². The number of hydrogen-bond donors (Lipinski definition) is 1. The number of nitrogens with one attached hydrogen (secondary N) is 1. The fourth-order valence-corrected chi connectivity index (χ4v) is 5.92. The molecule has 38 heavy (non-hydrogen) atoms. The van der Waals surface area contributed by atoms with Crippen LogP contribution in [0.5, 0.6) is 0 Å². The molecule has 3 aromatic rings. The molecule has 2 aliphatic heterocycles. The number of nitrogens with zero attached hydrogens (tertiary/aromatic N) is 4. The average molecular weight is 579 g/mol. The van der Waals surface area contributed by atoms with E-state index in [0.29, 0.717) is 17.8 Å². The van der Waals surface area contributed by atoms with Crippen molar-refractivity contribution >= 4 is 38.6 Å². The van der Waals surface area contributed by atoms with Crippen molar-refractivity contribution in [3.05, 3.63) is 75.5 Å². The largest absolute Gasteiger partial charge is 0.338 e. The Labute approximate surface area is 233 Å². The lowest BCUT2D eigenvalue weighted by molar-refractivity contribution is 0.0255. The zero-order valence-electron chi connectivity index (χ0n) is 22.5. The Hall–Kier alpha value is -2.81. The summed E-state index contributed by atoms with van der Waals surface area (Å²) in [5.74, 6) is 0.0767. The quantitative estimate of drug-likeness (QED) is 0.376. The monoisotopic (exact) mass is 577 g/mol. The zero-order valence-corrected chi connectivity index (χ0v) is 24.1. The Kier molecular flexibility index (Phi) is 8.12. The summed E-state index contributed by atoms with van der Waals surface area (Å²) in [5.41, 5.74) is 9.08. The van der Waals surface area contributed by atoms with Gasteiger partial charge in [0, 0.05) is 47.8 Å². The molecule has 1 amide bonds. The zero-order chi connectivity index (χ0) is 26.7. The van der Waals surface area contributed by atoms with Gasteiger partial charge < -0.3 is 4.90 Å². The molecule has 2 fully saturated rings. The highest BCUT2D eigenvalue weighted by molar-refractivity contribution is 9.10. The number of aromatic nitrogens is 2. The van der Waals surface area contributed by atoms with Crippen molar-refractivity contribution in [1.29, 1.82) is 0 Å². The van der Waals surface area contributed by atoms with Crippen LogP contribution < -0.4 is 5.48 Å². The number of likely N-dealkylation sites (tertiary alicyclic amines) is 2. The summed E-state index contributed by atoms with van der Waals surface area (Å²) in [6.07, 6.45) is 5.67. The van der Waals surface area contributed by atoms with E-state index in [1.165, 1.54) is 5.57 Å². The molecule has 1 N–H and O–H groups in total. The first-order chi connectivity index (χ1) is 18.4. The van der Waals surface area contributed by atoms with Crippen LogP contribution in [-0.4, -0.2) is 64.0 Å². The van der Waals surface area contributed by atoms with Crippen LogP contribution >= 0.6 is 15.9 Å². The van der Waals surface area contributed by atoms with Gasteiger partial charge in [0.15, 0.2) is 5.65 Å². The third-order valence-corrected chi connectivity index (χ3v) is 8.60. The van der Waals surface area contributed by atoms with Gasteiger partial charge in [-0.3, -0.25) is 20.0 Å². The summed E-state index contributed by atoms with van der Waals surface area (Å²) in [4.78, 5) is 32.6. The molecule has 1 aromatic carbocycles. The Balaban J connectivity index is 1.24. The number of carbonyl (C=O) groups is 1. The molecule has 0 unspecified atom stereocenters. The molecule has 4 heterocycles. The van der Waals surface area contributed by atoms with Crippen molar-refractivity contribution in [2.75, 3.05) is 32.8 Å². The summed E-state index contributed by atoms with van der Waals surface area (Å²) in [6, 6.07) is 14.2. The molecule has 0 atom stereocenters. The summed E-state index contributed by atoms with van der Waals surface area (Å²) in [5, 5.41) is 0.904. The number of benzene rings is 1. The second-order valence-electron chi connectivity index (χ2n) is 10.5. The Morgan fingerprint density at radius 1 is 1.11 bits per heavy atom. The minimum atomic E-state index is 0.0767. The van der Waals surface area contributed by atoms with E-state index in [-0.39, 0.29) is 11.4 Å². The van der Waals surface area contributed by atoms with E-state index >= 15 is 0 Å². The van der Waals surface area contributed by atoms with E-state index in [0.717, 1.165) is 78.7 Å². The maximum absolute atomic E-state index is 13.4. The first-order valence-corrected chi connectivity index (χ1v) is 14.3. The minimum Gasteiger partial charge on any atom is -0.338 e. The van der Waals surface area contributed by atoms with E-state index in [2.05, 4.69) is 67.5 Å². The molecule has 2 saturated heterocycles. The van der Waals surface area contributed by atoms with Gasteiger partial charge in [0.05, 0.1) is 23.6 Å². The fourth-order valence-electron chi connectivity index (χ4n) is 5.65. The molecule has 8 heteroatoms. The second kappa shape index (κ2) is 11.5. The smallest absolute Gasteiger partial charge is 0.255 e. The second-order valence-corrected chi connectivity index (χ2v) is 11.4. The van der Waals surface area contributed by atoms with Gasteiger partial charge in [-0.1, -0.05) is 28.1 Å². The summed E-state index contributed by atoms with van der Waals surface area (Å²) in [7, 11) is 0. The molecule has 2 aromatic heterocycles. The van der Waals surface area contributed by atoms with E-state index in [1.54, 1.807) is 6.20 Å². The average Bonchev–Trinajstić information content (AvgIpc) is 2.94. The Morgan fingerprint density at radius 2 is 1.82 bits per heavy atom. The molecule has 0 aliphatic carbocycles. The van der Waals surface area contributed by atoms with Crippen LogP contribution in [0.1, 0.15) is 61.1 Å². The van der Waals surface area contributed by atoms with Gasteiger partial charge in [0.25, 0.3) is 5.91 Å². The lowest BCUT2D eigenvalue weighted by Crippen LogP contribution is -2.56. The number of hydrogen-bond acceptors (Lipinski definition) is 6. The van der Waals surface area contributed by atoms with Gasteiger partial charge in [-0.05, 0) is 87.9 Å². The van der Waals surface area contributed by atoms with Gasteiger partial charge in [-0.2, -0.15) is 0 Å². The van der Waals surface area contributed by atoms with E-state index in [4.69, 9.17) is 4.84 Å². The lowest BCUT2D eigenvalue weighted by atomic mass is 9.85. The van der Waals surface area contributed by atoms with Crippen LogP contribution in [0.15, 0.2) is 58.7 Å². The number of hydroxylamine groups is 1. The lowest BCUT2D eigenvalue weighted by Gasteiger charge is -2.48. The van der Waals surface area contributed by atoms with Gasteiger partial charge in [0.2, 0.25) is 0 Å². The first-order valence-electron chi connectivity index (χ1n) is 13.5. The highest BCUT2D eigenvalue weighted by Crippen LogP contribution is 2.35. The SMILES string of the molecule is CCONC(=C1CCN(C2(C)CCN(C(=O)c3cc4cccnc4nc3C)CC2)CC1)c1ccc(Br)cc1. The molecule has 200 valence electrons. The van der Waals surface area contributed by atoms with E-state index < -0.39 is 0 Å². The number of halogens is 1. The topological polar surface area (TPSA) is 70.6 Å². The molecular formula is C30H36BrN5O2. The first kappa shape index (κ1) is 26.8. The predicted octanol–water partition coefficient (Wildman–Crippen LogP) is 5.74. The van der Waals surface area contributed by atoms with Crippen molar-refractivity contribution in [3.63, 3.8) is 0 Å². The third kappa shape index (κ3) is 5.63. The van der Waals surface area contributed by atoms with Crippen molar-refractivity contribution in [1.82, 2.24) is 25.2 Å². The van der Waals surface area contributed by atoms with Crippen LogP contribution in [0, 0.1) is 6.92 Å². The van der Waals surface area contributed by atoms with Crippen LogP contribution in [0.4, 0.5) is 0 Å². The standard InChI is InChI=1S/C30H36BrN5O2/c1-4-38-34-27(22-7-9-25(31)10-8-22)23-11-16-36(17-12-23)30(3)13-18-35(19-14-30)29(37)26-20-24-6-5-15-32-28(24)33-21(26)2/h5-10,15,20,34H,4,11-14,16-19H2,1-3H3. The number of piperidine rings is 2. The van der Waals surface area contributed by atoms with E-state index in [9.17, 15) is 4.79 Å². The van der Waals surface area contributed by atoms with Gasteiger partial charge >= 0.3 is 0 Å². The molecule has 0 radical (unpaired) electrons. The van der Waals surface area contributed by atoms with Crippen LogP contribution in [0.25, 0.3) is 16.7 Å². The maximum atomic E-state index is 13.4. The van der Waals surface area contributed by atoms with E-state index in [1.807, 2.05) is 36.9 Å². The number of carbonyl (C=O) groups excluding carboxylic acids is 1. The van der Waals surface area contributed by atoms with Crippen LogP contribution in [-0.2, 0) is 4.84 Å². The van der Waals surface area contributed by atoms with Gasteiger partial charge in [-0.15, -0.1) is 0 Å². The number of aryl methyl sites for hydroxylation is 1. The normalized spacial score (nSPS) is 18.0. The predicted molar refractivity (Wildman–Crippen MR) is 154 cm³/mol. The summed E-state index contributed by atoms with van der Waals surface area (Å²) < 4.78 is 1.07. The van der Waals surface area contributed by atoms with Crippen LogP contribution in [0.3, 0.4) is 0 Å². The Bertz CT molecular complexity index is 1320. The molecule has 0 spiro atoms. The minimum absolute atomic E-state index is 0.0767.